The lowest BCUT2D eigenvalue weighted by Gasteiger charge is -2.38. The van der Waals surface area contributed by atoms with Gasteiger partial charge in [-0.1, -0.05) is 0 Å². The van der Waals surface area contributed by atoms with Gasteiger partial charge in [0.2, 0.25) is 0 Å². The summed E-state index contributed by atoms with van der Waals surface area (Å²) in [4.78, 5) is 41.4. The van der Waals surface area contributed by atoms with Gasteiger partial charge in [-0.15, -0.1) is 0 Å². The molecule has 35 heavy (non-hydrogen) atoms. The molecule has 3 rings (SSSR count). The first-order valence-corrected chi connectivity index (χ1v) is 11.9. The highest BCUT2D eigenvalue weighted by Gasteiger charge is 2.28. The number of carbonyl (C=O) groups excluding carboxylic acids is 1. The summed E-state index contributed by atoms with van der Waals surface area (Å²) >= 11 is 0. The number of pyridine rings is 1. The fraction of sp³-hybridized carbons (Fsp3) is 0.462. The standard InChI is InChI=1S/C26H33N5O4/c1-5-31(20-8-6-19(7-9-20)30-26(34)35)23-12-18(13-27)11-21(17(23)4)24(32)28-14-22-15(2)10-16(3)29-25(22)33/h10-12,19-20,30H,5-9,14H2,1-4H3,(H,28,32)(H,29,33)(H,34,35). The number of aryl methyl sites for hydroxylation is 2. The molecule has 0 saturated heterocycles. The average Bonchev–Trinajstić information content (AvgIpc) is 2.80. The van der Waals surface area contributed by atoms with Crippen LogP contribution in [0.1, 0.15) is 70.9 Å². The van der Waals surface area contributed by atoms with Crippen molar-refractivity contribution < 1.29 is 14.7 Å². The Labute approximate surface area is 205 Å². The summed E-state index contributed by atoms with van der Waals surface area (Å²) in [6.45, 7) is 8.33. The van der Waals surface area contributed by atoms with Crippen LogP contribution >= 0.6 is 0 Å². The lowest BCUT2D eigenvalue weighted by Crippen LogP contribution is -2.44. The maximum absolute atomic E-state index is 13.2. The minimum absolute atomic E-state index is 0.0521. The van der Waals surface area contributed by atoms with E-state index in [-0.39, 0.29) is 30.1 Å². The number of hydrogen-bond donors (Lipinski definition) is 4. The highest BCUT2D eigenvalue weighted by molar-refractivity contribution is 5.97. The highest BCUT2D eigenvalue weighted by atomic mass is 16.4. The van der Waals surface area contributed by atoms with Gasteiger partial charge in [-0.25, -0.2) is 4.79 Å². The molecule has 1 saturated carbocycles. The van der Waals surface area contributed by atoms with Crippen molar-refractivity contribution in [1.29, 1.82) is 5.26 Å². The molecule has 1 fully saturated rings. The number of carbonyl (C=O) groups is 2. The molecule has 186 valence electrons. The van der Waals surface area contributed by atoms with E-state index in [1.807, 2.05) is 39.8 Å². The Morgan fingerprint density at radius 1 is 1.17 bits per heavy atom. The first-order chi connectivity index (χ1) is 16.6. The fourth-order valence-electron chi connectivity index (χ4n) is 4.99. The molecule has 9 nitrogen and oxygen atoms in total. The van der Waals surface area contributed by atoms with Crippen LogP contribution in [0.25, 0.3) is 0 Å². The summed E-state index contributed by atoms with van der Waals surface area (Å²) in [5.74, 6) is -0.342. The first kappa shape index (κ1) is 25.8. The van der Waals surface area contributed by atoms with E-state index in [0.29, 0.717) is 23.2 Å². The van der Waals surface area contributed by atoms with Crippen molar-refractivity contribution in [3.63, 3.8) is 0 Å². The summed E-state index contributed by atoms with van der Waals surface area (Å²) < 4.78 is 0. The average molecular weight is 480 g/mol. The van der Waals surface area contributed by atoms with Crippen LogP contribution in [-0.4, -0.2) is 40.7 Å². The van der Waals surface area contributed by atoms with Crippen LogP contribution in [-0.2, 0) is 6.54 Å². The lowest BCUT2D eigenvalue weighted by molar-refractivity contribution is 0.0950. The molecule has 1 aliphatic carbocycles. The third kappa shape index (κ3) is 6.01. The van der Waals surface area contributed by atoms with Crippen molar-refractivity contribution >= 4 is 17.7 Å². The number of H-pyrrole nitrogens is 1. The van der Waals surface area contributed by atoms with Crippen LogP contribution in [0.4, 0.5) is 10.5 Å². The molecule has 1 aromatic heterocycles. The van der Waals surface area contributed by atoms with E-state index >= 15 is 0 Å². The zero-order valence-electron chi connectivity index (χ0n) is 20.7. The Bertz CT molecular complexity index is 1210. The predicted octanol–water partition coefficient (Wildman–Crippen LogP) is 3.51. The van der Waals surface area contributed by atoms with E-state index in [1.54, 1.807) is 6.07 Å². The van der Waals surface area contributed by atoms with Crippen molar-refractivity contribution in [2.45, 2.75) is 72.0 Å². The summed E-state index contributed by atoms with van der Waals surface area (Å²) in [6, 6.07) is 7.55. The minimum Gasteiger partial charge on any atom is -0.465 e. The number of anilines is 1. The van der Waals surface area contributed by atoms with Gasteiger partial charge in [0.05, 0.1) is 11.6 Å². The number of aromatic amines is 1. The maximum Gasteiger partial charge on any atom is 0.404 e. The number of hydrogen-bond acceptors (Lipinski definition) is 5. The highest BCUT2D eigenvalue weighted by Crippen LogP contribution is 2.32. The van der Waals surface area contributed by atoms with Crippen LogP contribution < -0.4 is 21.1 Å². The Kier molecular flexibility index (Phi) is 8.18. The first-order valence-electron chi connectivity index (χ1n) is 11.9. The van der Waals surface area contributed by atoms with Crippen molar-refractivity contribution in [2.24, 2.45) is 0 Å². The second-order valence-electron chi connectivity index (χ2n) is 9.15. The monoisotopic (exact) mass is 479 g/mol. The van der Waals surface area contributed by atoms with Crippen LogP contribution in [0.15, 0.2) is 23.0 Å². The van der Waals surface area contributed by atoms with Gasteiger partial charge in [0.1, 0.15) is 0 Å². The van der Waals surface area contributed by atoms with Crippen LogP contribution in [0.5, 0.6) is 0 Å². The third-order valence-corrected chi connectivity index (χ3v) is 6.79. The number of carboxylic acid groups (broad SMARTS) is 1. The normalized spacial score (nSPS) is 17.3. The van der Waals surface area contributed by atoms with Gasteiger partial charge >= 0.3 is 6.09 Å². The zero-order valence-corrected chi connectivity index (χ0v) is 20.7. The topological polar surface area (TPSA) is 138 Å². The number of benzene rings is 1. The van der Waals surface area contributed by atoms with Gasteiger partial charge in [-0.2, -0.15) is 5.26 Å². The molecule has 4 N–H and O–H groups in total. The van der Waals surface area contributed by atoms with Crippen molar-refractivity contribution in [1.82, 2.24) is 15.6 Å². The van der Waals surface area contributed by atoms with Crippen LogP contribution in [0.3, 0.4) is 0 Å². The van der Waals surface area contributed by atoms with E-state index in [9.17, 15) is 19.6 Å². The number of nitrogens with zero attached hydrogens (tertiary/aromatic N) is 2. The SMILES string of the molecule is CCN(c1cc(C#N)cc(C(=O)NCc2c(C)cc(C)[nH]c2=O)c1C)C1CCC(NC(=O)O)CC1. The fourth-order valence-corrected chi connectivity index (χ4v) is 4.99. The van der Waals surface area contributed by atoms with Gasteiger partial charge in [-0.3, -0.25) is 9.59 Å². The second-order valence-corrected chi connectivity index (χ2v) is 9.15. The number of nitrogens with one attached hydrogen (secondary N) is 3. The molecule has 1 aliphatic rings. The number of rotatable bonds is 7. The second kappa shape index (κ2) is 11.1. The van der Waals surface area contributed by atoms with Crippen LogP contribution in [0.2, 0.25) is 0 Å². The lowest BCUT2D eigenvalue weighted by atomic mass is 9.89. The Hall–Kier alpha value is -3.80. The summed E-state index contributed by atoms with van der Waals surface area (Å²) in [5.41, 5.74) is 4.23. The number of nitriles is 1. The molecule has 2 amide bonds. The molecule has 0 spiro atoms. The molecule has 0 radical (unpaired) electrons. The Morgan fingerprint density at radius 3 is 2.43 bits per heavy atom. The van der Waals surface area contributed by atoms with Crippen molar-refractivity contribution in [3.8, 4) is 6.07 Å². The molecular formula is C26H33N5O4. The van der Waals surface area contributed by atoms with Gasteiger partial charge in [0, 0.05) is 47.7 Å². The summed E-state index contributed by atoms with van der Waals surface area (Å²) in [5, 5.41) is 24.0. The molecule has 0 atom stereocenters. The van der Waals surface area contributed by atoms with Gasteiger partial charge in [0.15, 0.2) is 0 Å². The molecule has 0 bridgehead atoms. The molecule has 9 heteroatoms. The number of amides is 2. The van der Waals surface area contributed by atoms with Gasteiger partial charge in [0.25, 0.3) is 11.5 Å². The van der Waals surface area contributed by atoms with E-state index < -0.39 is 6.09 Å². The smallest absolute Gasteiger partial charge is 0.404 e. The summed E-state index contributed by atoms with van der Waals surface area (Å²) in [6.07, 6.45) is 2.10. The molecular weight excluding hydrogens is 446 g/mol. The maximum atomic E-state index is 13.2. The summed E-state index contributed by atoms with van der Waals surface area (Å²) in [7, 11) is 0. The van der Waals surface area contributed by atoms with Crippen LogP contribution in [0, 0.1) is 32.1 Å². The molecule has 1 heterocycles. The van der Waals surface area contributed by atoms with Crippen molar-refractivity contribution in [2.75, 3.05) is 11.4 Å². The van der Waals surface area contributed by atoms with Gasteiger partial charge < -0.3 is 25.6 Å². The molecule has 1 aromatic carbocycles. The quantitative estimate of drug-likeness (QED) is 0.479. The number of aromatic nitrogens is 1. The third-order valence-electron chi connectivity index (χ3n) is 6.79. The van der Waals surface area contributed by atoms with E-state index in [1.165, 1.54) is 0 Å². The Balaban J connectivity index is 1.84. The van der Waals surface area contributed by atoms with E-state index in [2.05, 4.69) is 26.6 Å². The van der Waals surface area contributed by atoms with E-state index in [4.69, 9.17) is 5.11 Å². The zero-order chi connectivity index (χ0) is 25.7. The molecule has 0 unspecified atom stereocenters. The minimum atomic E-state index is -1.00. The predicted molar refractivity (Wildman–Crippen MR) is 134 cm³/mol. The van der Waals surface area contributed by atoms with Crippen molar-refractivity contribution in [3.05, 3.63) is 62.1 Å². The Morgan fingerprint density at radius 2 is 1.86 bits per heavy atom. The van der Waals surface area contributed by atoms with E-state index in [0.717, 1.165) is 48.2 Å². The van der Waals surface area contributed by atoms with Gasteiger partial charge in [-0.05, 0) is 82.7 Å². The molecule has 2 aromatic rings. The largest absolute Gasteiger partial charge is 0.465 e. The molecule has 0 aliphatic heterocycles.